The van der Waals surface area contributed by atoms with Gasteiger partial charge in [-0.25, -0.2) is 0 Å². The monoisotopic (exact) mass is 656 g/mol. The van der Waals surface area contributed by atoms with Gasteiger partial charge < -0.3 is 29.7 Å². The van der Waals surface area contributed by atoms with Gasteiger partial charge in [-0.15, -0.1) is 0 Å². The van der Waals surface area contributed by atoms with Crippen molar-refractivity contribution in [3.63, 3.8) is 0 Å². The van der Waals surface area contributed by atoms with E-state index >= 15 is 0 Å². The number of piperazine rings is 1. The van der Waals surface area contributed by atoms with Gasteiger partial charge in [-0.1, -0.05) is 91.0 Å². The summed E-state index contributed by atoms with van der Waals surface area (Å²) in [5, 5.41) is 6.67. The maximum atomic E-state index is 14.0. The molecule has 49 heavy (non-hydrogen) atoms. The minimum atomic E-state index is -0.960. The van der Waals surface area contributed by atoms with Gasteiger partial charge in [0, 0.05) is 31.4 Å². The Morgan fingerprint density at radius 2 is 1.37 bits per heavy atom. The summed E-state index contributed by atoms with van der Waals surface area (Å²) in [6, 6.07) is 36.7. The van der Waals surface area contributed by atoms with Crippen LogP contribution in [0.2, 0.25) is 0 Å². The molecule has 0 unspecified atom stereocenters. The Balaban J connectivity index is 1.22. The third kappa shape index (κ3) is 6.98. The van der Waals surface area contributed by atoms with Crippen molar-refractivity contribution < 1.29 is 23.8 Å². The number of ether oxygens (including phenoxy) is 3. The largest absolute Gasteiger partial charge is 0.493 e. The number of carbonyl (C=O) groups excluding carboxylic acids is 2. The summed E-state index contributed by atoms with van der Waals surface area (Å²) in [6.45, 7) is 1.46. The second kappa shape index (κ2) is 15.0. The highest BCUT2D eigenvalue weighted by atomic mass is 16.5. The lowest BCUT2D eigenvalue weighted by atomic mass is 9.77. The molecule has 2 N–H and O–H groups in total. The molecule has 1 fully saturated rings. The first-order valence-corrected chi connectivity index (χ1v) is 16.2. The minimum Gasteiger partial charge on any atom is -0.493 e. The van der Waals surface area contributed by atoms with Crippen LogP contribution >= 0.6 is 0 Å². The SMILES string of the molecule is COc1cc(-c2cc(CN3CCN[C@@H](CC(=O)NC(c4ccccc4)(c4ccccc4)c4ccccc4)C3=O)ccn2)cc(OC)c1OC. The lowest BCUT2D eigenvalue weighted by Gasteiger charge is -2.38. The van der Waals surface area contributed by atoms with Crippen LogP contribution in [0, 0.1) is 0 Å². The Morgan fingerprint density at radius 1 is 0.816 bits per heavy atom. The normalized spacial score (nSPS) is 14.6. The third-order valence-corrected chi connectivity index (χ3v) is 8.88. The lowest BCUT2D eigenvalue weighted by Crippen LogP contribution is -2.57. The fourth-order valence-corrected chi connectivity index (χ4v) is 6.51. The average Bonchev–Trinajstić information content (AvgIpc) is 3.16. The highest BCUT2D eigenvalue weighted by molar-refractivity contribution is 5.89. The zero-order chi connectivity index (χ0) is 34.2. The van der Waals surface area contributed by atoms with Gasteiger partial charge in [-0.05, 0) is 46.5 Å². The van der Waals surface area contributed by atoms with Crippen LogP contribution in [0.4, 0.5) is 0 Å². The minimum absolute atomic E-state index is 0.0172. The maximum absolute atomic E-state index is 14.0. The van der Waals surface area contributed by atoms with Crippen LogP contribution in [-0.4, -0.2) is 62.2 Å². The number of hydrogen-bond acceptors (Lipinski definition) is 7. The van der Waals surface area contributed by atoms with Crippen LogP contribution in [0.3, 0.4) is 0 Å². The van der Waals surface area contributed by atoms with E-state index in [4.69, 9.17) is 14.2 Å². The number of methoxy groups -OCH3 is 3. The summed E-state index contributed by atoms with van der Waals surface area (Å²) in [7, 11) is 4.71. The molecule has 250 valence electrons. The molecule has 5 aromatic rings. The Bertz CT molecular complexity index is 1760. The van der Waals surface area contributed by atoms with E-state index in [0.717, 1.165) is 27.8 Å². The van der Waals surface area contributed by atoms with Gasteiger partial charge >= 0.3 is 0 Å². The van der Waals surface area contributed by atoms with E-state index in [9.17, 15) is 9.59 Å². The summed E-state index contributed by atoms with van der Waals surface area (Å²) in [6.07, 6.45) is 1.71. The van der Waals surface area contributed by atoms with Gasteiger partial charge in [0.1, 0.15) is 5.54 Å². The number of hydrogen-bond donors (Lipinski definition) is 2. The van der Waals surface area contributed by atoms with Crippen molar-refractivity contribution in [1.29, 1.82) is 0 Å². The zero-order valence-corrected chi connectivity index (χ0v) is 27.9. The van der Waals surface area contributed by atoms with Crippen molar-refractivity contribution in [2.75, 3.05) is 34.4 Å². The highest BCUT2D eigenvalue weighted by Crippen LogP contribution is 2.41. The molecule has 1 aromatic heterocycles. The first kappa shape index (κ1) is 33.2. The third-order valence-electron chi connectivity index (χ3n) is 8.88. The van der Waals surface area contributed by atoms with Crippen LogP contribution in [0.5, 0.6) is 17.2 Å². The first-order chi connectivity index (χ1) is 24.0. The molecule has 2 heterocycles. The van der Waals surface area contributed by atoms with E-state index in [2.05, 4.69) is 15.6 Å². The van der Waals surface area contributed by atoms with Crippen LogP contribution < -0.4 is 24.8 Å². The molecule has 2 amide bonds. The zero-order valence-electron chi connectivity index (χ0n) is 27.9. The van der Waals surface area contributed by atoms with Gasteiger partial charge in [0.2, 0.25) is 17.6 Å². The molecule has 9 heteroatoms. The predicted octanol–water partition coefficient (Wildman–Crippen LogP) is 5.57. The van der Waals surface area contributed by atoms with Gasteiger partial charge in [0.15, 0.2) is 11.5 Å². The fraction of sp³-hybridized carbons (Fsp3) is 0.225. The van der Waals surface area contributed by atoms with E-state index < -0.39 is 11.6 Å². The van der Waals surface area contributed by atoms with Gasteiger partial charge in [-0.2, -0.15) is 0 Å². The summed E-state index contributed by atoms with van der Waals surface area (Å²) in [5.41, 5.74) is 4.21. The molecule has 1 saturated heterocycles. The van der Waals surface area contributed by atoms with Crippen LogP contribution in [-0.2, 0) is 21.7 Å². The van der Waals surface area contributed by atoms with Crippen molar-refractivity contribution >= 4 is 11.8 Å². The summed E-state index contributed by atoms with van der Waals surface area (Å²) >= 11 is 0. The van der Waals surface area contributed by atoms with Crippen molar-refractivity contribution in [3.05, 3.63) is 144 Å². The number of pyridine rings is 1. The predicted molar refractivity (Wildman–Crippen MR) is 189 cm³/mol. The molecule has 1 aliphatic heterocycles. The summed E-state index contributed by atoms with van der Waals surface area (Å²) < 4.78 is 16.5. The molecule has 4 aromatic carbocycles. The molecular formula is C40H40N4O5. The Labute approximate surface area is 286 Å². The second-order valence-corrected chi connectivity index (χ2v) is 11.8. The maximum Gasteiger partial charge on any atom is 0.240 e. The Hall–Kier alpha value is -5.67. The number of rotatable bonds is 12. The number of amides is 2. The summed E-state index contributed by atoms with van der Waals surface area (Å²) in [4.78, 5) is 34.3. The smallest absolute Gasteiger partial charge is 0.240 e. The van der Waals surface area contributed by atoms with E-state index in [-0.39, 0.29) is 18.2 Å². The van der Waals surface area contributed by atoms with Gasteiger partial charge in [-0.3, -0.25) is 14.6 Å². The number of nitrogens with zero attached hydrogens (tertiary/aromatic N) is 2. The standard InChI is InChI=1S/C40H40N4O5/c1-47-35-24-29(25-36(48-2)38(35)49-3)33-23-28(19-20-41-33)27-44-22-21-42-34(39(44)46)26-37(45)43-40(30-13-7-4-8-14-30,31-15-9-5-10-16-31)32-17-11-6-12-18-32/h4-20,23-25,34,42H,21-22,26-27H2,1-3H3,(H,43,45)/t34-/m0/s1. The van der Waals surface area contributed by atoms with E-state index in [1.54, 1.807) is 32.4 Å². The van der Waals surface area contributed by atoms with Crippen LogP contribution in [0.1, 0.15) is 28.7 Å². The van der Waals surface area contributed by atoms with Gasteiger partial charge in [0.05, 0.1) is 39.5 Å². The Morgan fingerprint density at radius 3 is 1.88 bits per heavy atom. The number of nitrogens with one attached hydrogen (secondary N) is 2. The average molecular weight is 657 g/mol. The molecule has 0 spiro atoms. The molecule has 0 radical (unpaired) electrons. The topological polar surface area (TPSA) is 102 Å². The molecular weight excluding hydrogens is 616 g/mol. The molecule has 1 atom stereocenters. The number of benzene rings is 4. The van der Waals surface area contributed by atoms with E-state index in [1.165, 1.54) is 0 Å². The second-order valence-electron chi connectivity index (χ2n) is 11.8. The van der Waals surface area contributed by atoms with Crippen molar-refractivity contribution in [2.45, 2.75) is 24.5 Å². The van der Waals surface area contributed by atoms with Crippen molar-refractivity contribution in [2.24, 2.45) is 0 Å². The lowest BCUT2D eigenvalue weighted by molar-refractivity contribution is -0.139. The number of carbonyl (C=O) groups is 2. The molecule has 6 rings (SSSR count). The first-order valence-electron chi connectivity index (χ1n) is 16.2. The quantitative estimate of drug-likeness (QED) is 0.169. The molecule has 1 aliphatic rings. The van der Waals surface area contributed by atoms with E-state index in [0.29, 0.717) is 42.6 Å². The highest BCUT2D eigenvalue weighted by Gasteiger charge is 2.39. The fourth-order valence-electron chi connectivity index (χ4n) is 6.51. The van der Waals surface area contributed by atoms with E-state index in [1.807, 2.05) is 115 Å². The summed E-state index contributed by atoms with van der Waals surface area (Å²) in [5.74, 6) is 1.19. The Kier molecular flexibility index (Phi) is 10.2. The van der Waals surface area contributed by atoms with Crippen molar-refractivity contribution in [1.82, 2.24) is 20.5 Å². The van der Waals surface area contributed by atoms with Crippen molar-refractivity contribution in [3.8, 4) is 28.5 Å². The van der Waals surface area contributed by atoms with Crippen LogP contribution in [0.25, 0.3) is 11.3 Å². The molecule has 0 aliphatic carbocycles. The van der Waals surface area contributed by atoms with Gasteiger partial charge in [0.25, 0.3) is 0 Å². The molecule has 0 bridgehead atoms. The number of aromatic nitrogens is 1. The molecule has 9 nitrogen and oxygen atoms in total. The van der Waals surface area contributed by atoms with Crippen LogP contribution in [0.15, 0.2) is 121 Å². The molecule has 0 saturated carbocycles.